The van der Waals surface area contributed by atoms with E-state index in [1.807, 2.05) is 12.1 Å². The summed E-state index contributed by atoms with van der Waals surface area (Å²) in [6.45, 7) is 4.92. The molecule has 2 aromatic rings. The molecule has 1 fully saturated rings. The van der Waals surface area contributed by atoms with Crippen molar-refractivity contribution in [3.8, 4) is 17.2 Å². The lowest BCUT2D eigenvalue weighted by Crippen LogP contribution is -2.53. The molecule has 31 heavy (non-hydrogen) atoms. The summed E-state index contributed by atoms with van der Waals surface area (Å²) in [4.78, 5) is 27.1. The summed E-state index contributed by atoms with van der Waals surface area (Å²) >= 11 is 6.01. The number of carbonyl (C=O) groups excluding carboxylic acids is 2. The first kappa shape index (κ1) is 21.2. The second-order valence-corrected chi connectivity index (χ2v) is 8.18. The quantitative estimate of drug-likeness (QED) is 0.625. The Balaban J connectivity index is 1.34. The Morgan fingerprint density at radius 1 is 1.16 bits per heavy atom. The Hall–Kier alpha value is -2.99. The Morgan fingerprint density at radius 3 is 2.58 bits per heavy atom. The van der Waals surface area contributed by atoms with Crippen LogP contribution in [0.5, 0.6) is 17.2 Å². The third-order valence-corrected chi connectivity index (χ3v) is 5.87. The van der Waals surface area contributed by atoms with Crippen LogP contribution in [0.2, 0.25) is 5.02 Å². The minimum atomic E-state index is -0.569. The molecule has 0 N–H and O–H groups in total. The molecule has 0 atom stereocenters. The minimum Gasteiger partial charge on any atom is -0.486 e. The first-order valence-electron chi connectivity index (χ1n) is 10.2. The van der Waals surface area contributed by atoms with E-state index in [0.717, 1.165) is 0 Å². The molecule has 0 unspecified atom stereocenters. The van der Waals surface area contributed by atoms with Gasteiger partial charge in [0.05, 0.1) is 12.0 Å². The third kappa shape index (κ3) is 4.69. The zero-order valence-corrected chi connectivity index (χ0v) is 17.9. The number of carbonyl (C=O) groups is 2. The van der Waals surface area contributed by atoms with E-state index >= 15 is 0 Å². The second-order valence-electron chi connectivity index (χ2n) is 7.74. The van der Waals surface area contributed by atoms with Crippen LogP contribution in [-0.2, 0) is 4.79 Å². The fourth-order valence-electron chi connectivity index (χ4n) is 3.98. The molecule has 0 bridgehead atoms. The maximum absolute atomic E-state index is 12.7. The van der Waals surface area contributed by atoms with Gasteiger partial charge in [0.1, 0.15) is 18.0 Å². The van der Waals surface area contributed by atoms with Crippen LogP contribution in [0.25, 0.3) is 0 Å². The number of para-hydroxylation sites is 2. The summed E-state index contributed by atoms with van der Waals surface area (Å²) in [7, 11) is 0. The molecular formula is C24H24ClNO5. The first-order chi connectivity index (χ1) is 15.0. The molecule has 1 saturated heterocycles. The summed E-state index contributed by atoms with van der Waals surface area (Å²) in [6.07, 6.45) is 3.13. The van der Waals surface area contributed by atoms with Crippen molar-refractivity contribution in [2.45, 2.75) is 24.9 Å². The number of ketones is 1. The number of likely N-dealkylation sites (tertiary alicyclic amines) is 1. The highest BCUT2D eigenvalue weighted by Gasteiger charge is 2.43. The molecule has 2 aliphatic heterocycles. The van der Waals surface area contributed by atoms with Crippen LogP contribution in [-0.4, -0.2) is 48.5 Å². The van der Waals surface area contributed by atoms with Crippen molar-refractivity contribution < 1.29 is 23.8 Å². The van der Waals surface area contributed by atoms with E-state index in [0.29, 0.717) is 66.8 Å². The van der Waals surface area contributed by atoms with Crippen LogP contribution >= 0.6 is 11.6 Å². The second kappa shape index (κ2) is 9.02. The van der Waals surface area contributed by atoms with E-state index in [2.05, 4.69) is 6.58 Å². The average Bonchev–Trinajstić information content (AvgIpc) is 2.78. The lowest BCUT2D eigenvalue weighted by molar-refractivity contribution is -0.136. The first-order valence-corrected chi connectivity index (χ1v) is 10.6. The number of Topliss-reactive ketones (excluding diaryl/α,β-unsaturated/α-hetero) is 1. The SMILES string of the molecule is C=CCOc1ccccc1OCC(=O)N1CCC2(CC1)CC(=O)c1cc(Cl)ccc1O2. The number of ether oxygens (including phenoxy) is 3. The zero-order chi connectivity index (χ0) is 21.8. The van der Waals surface area contributed by atoms with Crippen molar-refractivity contribution in [3.63, 3.8) is 0 Å². The van der Waals surface area contributed by atoms with Gasteiger partial charge in [-0.25, -0.2) is 0 Å². The zero-order valence-electron chi connectivity index (χ0n) is 17.1. The van der Waals surface area contributed by atoms with Gasteiger partial charge in [-0.2, -0.15) is 0 Å². The van der Waals surface area contributed by atoms with Crippen LogP contribution in [0.3, 0.4) is 0 Å². The van der Waals surface area contributed by atoms with Gasteiger partial charge in [0.2, 0.25) is 0 Å². The van der Waals surface area contributed by atoms with Crippen LogP contribution in [0.4, 0.5) is 0 Å². The topological polar surface area (TPSA) is 65.1 Å². The van der Waals surface area contributed by atoms with E-state index in [-0.39, 0.29) is 18.3 Å². The van der Waals surface area contributed by atoms with Crippen molar-refractivity contribution in [1.29, 1.82) is 0 Å². The predicted molar refractivity (Wildman–Crippen MR) is 117 cm³/mol. The lowest BCUT2D eigenvalue weighted by atomic mass is 9.82. The number of piperidine rings is 1. The number of hydrogen-bond donors (Lipinski definition) is 0. The summed E-state index contributed by atoms with van der Waals surface area (Å²) in [5.41, 5.74) is -0.0388. The molecule has 6 nitrogen and oxygen atoms in total. The van der Waals surface area contributed by atoms with Gasteiger partial charge in [-0.15, -0.1) is 0 Å². The largest absolute Gasteiger partial charge is 0.486 e. The number of benzene rings is 2. The molecule has 0 radical (unpaired) electrons. The van der Waals surface area contributed by atoms with Gasteiger partial charge in [-0.3, -0.25) is 9.59 Å². The molecule has 2 heterocycles. The standard InChI is InChI=1S/C24H24ClNO5/c1-2-13-29-21-5-3-4-6-22(21)30-16-23(28)26-11-9-24(10-12-26)15-19(27)18-14-17(25)7-8-20(18)31-24/h2-8,14H,1,9-13,15-16H2. The Bertz CT molecular complexity index is 997. The maximum Gasteiger partial charge on any atom is 0.260 e. The molecular weight excluding hydrogens is 418 g/mol. The average molecular weight is 442 g/mol. The van der Waals surface area contributed by atoms with E-state index in [1.165, 1.54) is 0 Å². The van der Waals surface area contributed by atoms with Gasteiger partial charge in [0.25, 0.3) is 5.91 Å². The number of nitrogens with zero attached hydrogens (tertiary/aromatic N) is 1. The molecule has 7 heteroatoms. The molecule has 2 aliphatic rings. The number of rotatable bonds is 6. The van der Waals surface area contributed by atoms with E-state index in [1.54, 1.807) is 41.3 Å². The maximum atomic E-state index is 12.7. The van der Waals surface area contributed by atoms with Gasteiger partial charge in [-0.1, -0.05) is 36.4 Å². The molecule has 0 aliphatic carbocycles. The number of amides is 1. The smallest absolute Gasteiger partial charge is 0.260 e. The van der Waals surface area contributed by atoms with E-state index in [9.17, 15) is 9.59 Å². The summed E-state index contributed by atoms with van der Waals surface area (Å²) in [6, 6.07) is 12.3. The minimum absolute atomic E-state index is 0.0305. The molecule has 4 rings (SSSR count). The van der Waals surface area contributed by atoms with Crippen molar-refractivity contribution in [2.24, 2.45) is 0 Å². The van der Waals surface area contributed by atoms with Crippen LogP contribution in [0.1, 0.15) is 29.6 Å². The van der Waals surface area contributed by atoms with E-state index < -0.39 is 5.60 Å². The van der Waals surface area contributed by atoms with Crippen LogP contribution in [0, 0.1) is 0 Å². The van der Waals surface area contributed by atoms with Gasteiger partial charge in [0.15, 0.2) is 23.9 Å². The summed E-state index contributed by atoms with van der Waals surface area (Å²) in [5, 5.41) is 0.517. The lowest BCUT2D eigenvalue weighted by Gasteiger charge is -2.43. The number of halogens is 1. The predicted octanol–water partition coefficient (Wildman–Crippen LogP) is 4.31. The van der Waals surface area contributed by atoms with Crippen molar-refractivity contribution in [1.82, 2.24) is 4.90 Å². The normalized spacial score (nSPS) is 16.9. The fourth-order valence-corrected chi connectivity index (χ4v) is 4.15. The van der Waals surface area contributed by atoms with Gasteiger partial charge >= 0.3 is 0 Å². The van der Waals surface area contributed by atoms with Crippen molar-refractivity contribution in [2.75, 3.05) is 26.3 Å². The van der Waals surface area contributed by atoms with Gasteiger partial charge in [0, 0.05) is 31.0 Å². The highest BCUT2D eigenvalue weighted by molar-refractivity contribution is 6.31. The van der Waals surface area contributed by atoms with Crippen molar-refractivity contribution >= 4 is 23.3 Å². The Kier molecular flexibility index (Phi) is 6.18. The van der Waals surface area contributed by atoms with E-state index in [4.69, 9.17) is 25.8 Å². The fraction of sp³-hybridized carbons (Fsp3) is 0.333. The molecule has 1 amide bonds. The number of fused-ring (bicyclic) bond motifs is 1. The highest BCUT2D eigenvalue weighted by atomic mass is 35.5. The van der Waals surface area contributed by atoms with Gasteiger partial charge < -0.3 is 19.1 Å². The molecule has 162 valence electrons. The molecule has 2 aromatic carbocycles. The number of hydrogen-bond acceptors (Lipinski definition) is 5. The summed E-state index contributed by atoms with van der Waals surface area (Å²) < 4.78 is 17.5. The van der Waals surface area contributed by atoms with Crippen molar-refractivity contribution in [3.05, 3.63) is 65.7 Å². The molecule has 1 spiro atoms. The molecule has 0 aromatic heterocycles. The Morgan fingerprint density at radius 2 is 1.87 bits per heavy atom. The van der Waals surface area contributed by atoms with Crippen LogP contribution < -0.4 is 14.2 Å². The monoisotopic (exact) mass is 441 g/mol. The van der Waals surface area contributed by atoms with Crippen LogP contribution in [0.15, 0.2) is 55.1 Å². The highest BCUT2D eigenvalue weighted by Crippen LogP contribution is 2.40. The molecule has 0 saturated carbocycles. The van der Waals surface area contributed by atoms with Gasteiger partial charge in [-0.05, 0) is 30.3 Å². The summed E-state index contributed by atoms with van der Waals surface area (Å²) in [5.74, 6) is 1.58. The Labute approximate surface area is 186 Å². The third-order valence-electron chi connectivity index (χ3n) is 5.64.